The Morgan fingerprint density at radius 3 is 2.11 bits per heavy atom. The largest absolute Gasteiger partial charge is 0.504 e. The minimum atomic E-state index is -1.31. The molecule has 2 aromatic rings. The van der Waals surface area contributed by atoms with E-state index in [-0.39, 0.29) is 29.4 Å². The molecule has 0 radical (unpaired) electrons. The summed E-state index contributed by atoms with van der Waals surface area (Å²) in [4.78, 5) is 11.9. The van der Waals surface area contributed by atoms with Gasteiger partial charge in [-0.2, -0.15) is 0 Å². The molecule has 8 nitrogen and oxygen atoms in total. The molecular weight excluding hydrogens is 368 g/mol. The fraction of sp³-hybridized carbons (Fsp3) is 0.350. The van der Waals surface area contributed by atoms with E-state index in [4.69, 9.17) is 9.47 Å². The number of aliphatic carboxylic acids is 1. The first-order valence-electron chi connectivity index (χ1n) is 8.56. The third kappa shape index (κ3) is 4.65. The highest BCUT2D eigenvalue weighted by molar-refractivity contribution is 5.71. The number of ether oxygens (including phenoxy) is 2. The van der Waals surface area contributed by atoms with Crippen LogP contribution in [0.1, 0.15) is 17.2 Å². The van der Waals surface area contributed by atoms with Gasteiger partial charge in [0.15, 0.2) is 23.0 Å². The van der Waals surface area contributed by atoms with Crippen LogP contribution in [0.25, 0.3) is 0 Å². The van der Waals surface area contributed by atoms with E-state index >= 15 is 0 Å². The highest BCUT2D eigenvalue weighted by Crippen LogP contribution is 2.36. The number of benzene rings is 2. The molecule has 28 heavy (non-hydrogen) atoms. The Balaban J connectivity index is 2.32. The third-order valence-corrected chi connectivity index (χ3v) is 4.70. The lowest BCUT2D eigenvalue weighted by Gasteiger charge is -2.27. The van der Waals surface area contributed by atoms with E-state index in [9.17, 15) is 30.3 Å². The van der Waals surface area contributed by atoms with Crippen molar-refractivity contribution in [2.45, 2.75) is 12.5 Å². The second-order valence-electron chi connectivity index (χ2n) is 6.38. The summed E-state index contributed by atoms with van der Waals surface area (Å²) in [7, 11) is 2.74. The molecule has 152 valence electrons. The summed E-state index contributed by atoms with van der Waals surface area (Å²) < 4.78 is 10.0. The molecule has 0 amide bonds. The summed E-state index contributed by atoms with van der Waals surface area (Å²) in [5.41, 5.74) is 0.874. The molecule has 0 aliphatic rings. The molecule has 8 heteroatoms. The lowest BCUT2D eigenvalue weighted by Crippen LogP contribution is -2.33. The van der Waals surface area contributed by atoms with Crippen LogP contribution in [-0.4, -0.2) is 52.3 Å². The Kier molecular flexibility index (Phi) is 7.08. The zero-order chi connectivity index (χ0) is 20.8. The van der Waals surface area contributed by atoms with Gasteiger partial charge in [0.25, 0.3) is 0 Å². The maximum Gasteiger partial charge on any atom is 0.307 e. The van der Waals surface area contributed by atoms with Gasteiger partial charge in [0.2, 0.25) is 0 Å². The molecule has 0 bridgehead atoms. The first-order valence-corrected chi connectivity index (χ1v) is 8.56. The van der Waals surface area contributed by atoms with Gasteiger partial charge in [0.1, 0.15) is 0 Å². The van der Waals surface area contributed by atoms with Crippen LogP contribution in [0.3, 0.4) is 0 Å². The molecule has 0 spiro atoms. The van der Waals surface area contributed by atoms with Crippen LogP contribution in [0.4, 0.5) is 0 Å². The van der Waals surface area contributed by atoms with Crippen LogP contribution in [-0.2, 0) is 11.2 Å². The summed E-state index contributed by atoms with van der Waals surface area (Å²) in [5, 5.41) is 49.6. The third-order valence-electron chi connectivity index (χ3n) is 4.70. The minimum Gasteiger partial charge on any atom is -0.504 e. The van der Waals surface area contributed by atoms with Crippen molar-refractivity contribution in [2.75, 3.05) is 20.8 Å². The minimum absolute atomic E-state index is 0.00345. The Hall–Kier alpha value is -2.97. The summed E-state index contributed by atoms with van der Waals surface area (Å²) >= 11 is 0. The fourth-order valence-electron chi connectivity index (χ4n) is 3.10. The second-order valence-corrected chi connectivity index (χ2v) is 6.38. The monoisotopic (exact) mass is 392 g/mol. The van der Waals surface area contributed by atoms with Crippen LogP contribution in [0.5, 0.6) is 23.0 Å². The van der Waals surface area contributed by atoms with Crippen LogP contribution in [0.15, 0.2) is 36.4 Å². The number of carbonyl (C=O) groups is 1. The van der Waals surface area contributed by atoms with Crippen molar-refractivity contribution < 1.29 is 39.8 Å². The highest BCUT2D eigenvalue weighted by atomic mass is 16.5. The smallest absolute Gasteiger partial charge is 0.307 e. The molecule has 5 N–H and O–H groups in total. The van der Waals surface area contributed by atoms with Crippen molar-refractivity contribution in [1.82, 2.24) is 0 Å². The molecule has 0 heterocycles. The van der Waals surface area contributed by atoms with Gasteiger partial charge in [-0.05, 0) is 41.8 Å². The number of hydrogen-bond acceptors (Lipinski definition) is 7. The van der Waals surface area contributed by atoms with Crippen molar-refractivity contribution in [3.05, 3.63) is 47.5 Å². The standard InChI is InChI=1S/C20H24O8/c1-27-17-8-11(3-5-15(17)22)7-13(20(25)26)14(10-21)19(24)12-4-6-16(23)18(9-12)28-2/h3-6,8-9,13-14,19,21-24H,7,10H2,1-2H3,(H,25,26)/t13-,14+,19-/m1/s1. The van der Waals surface area contributed by atoms with Gasteiger partial charge in [-0.25, -0.2) is 0 Å². The van der Waals surface area contributed by atoms with E-state index in [0.717, 1.165) is 0 Å². The maximum atomic E-state index is 11.9. The fourth-order valence-corrected chi connectivity index (χ4v) is 3.10. The predicted molar refractivity (Wildman–Crippen MR) is 99.7 cm³/mol. The first-order chi connectivity index (χ1) is 13.3. The van der Waals surface area contributed by atoms with E-state index in [0.29, 0.717) is 11.1 Å². The van der Waals surface area contributed by atoms with Gasteiger partial charge in [0, 0.05) is 12.5 Å². The number of phenolic OH excluding ortho intramolecular Hbond substituents is 2. The van der Waals surface area contributed by atoms with Gasteiger partial charge < -0.3 is 35.0 Å². The average Bonchev–Trinajstić information content (AvgIpc) is 2.69. The average molecular weight is 392 g/mol. The number of aliphatic hydroxyl groups is 2. The molecule has 0 aliphatic carbocycles. The summed E-state index contributed by atoms with van der Waals surface area (Å²) in [6.07, 6.45) is -1.30. The lowest BCUT2D eigenvalue weighted by atomic mass is 9.81. The van der Waals surface area contributed by atoms with Gasteiger partial charge in [-0.3, -0.25) is 4.79 Å². The molecular formula is C20H24O8. The van der Waals surface area contributed by atoms with Crippen LogP contribution in [0.2, 0.25) is 0 Å². The Morgan fingerprint density at radius 1 is 1.00 bits per heavy atom. The number of phenols is 2. The summed E-state index contributed by atoms with van der Waals surface area (Å²) in [6, 6.07) is 8.61. The zero-order valence-electron chi connectivity index (χ0n) is 15.6. The molecule has 0 unspecified atom stereocenters. The zero-order valence-corrected chi connectivity index (χ0v) is 15.6. The van der Waals surface area contributed by atoms with E-state index in [1.807, 2.05) is 0 Å². The molecule has 2 aromatic carbocycles. The number of carboxylic acid groups (broad SMARTS) is 1. The van der Waals surface area contributed by atoms with E-state index in [2.05, 4.69) is 0 Å². The number of hydrogen-bond donors (Lipinski definition) is 5. The molecule has 0 saturated heterocycles. The van der Waals surface area contributed by atoms with Crippen LogP contribution in [0, 0.1) is 11.8 Å². The van der Waals surface area contributed by atoms with E-state index < -0.39 is 30.5 Å². The van der Waals surface area contributed by atoms with Gasteiger partial charge in [-0.1, -0.05) is 12.1 Å². The molecule has 2 rings (SSSR count). The van der Waals surface area contributed by atoms with E-state index in [1.54, 1.807) is 6.07 Å². The number of methoxy groups -OCH3 is 2. The van der Waals surface area contributed by atoms with Crippen LogP contribution < -0.4 is 9.47 Å². The van der Waals surface area contributed by atoms with E-state index in [1.165, 1.54) is 44.6 Å². The molecule has 0 fully saturated rings. The lowest BCUT2D eigenvalue weighted by molar-refractivity contribution is -0.146. The Morgan fingerprint density at radius 2 is 1.57 bits per heavy atom. The normalized spacial score (nSPS) is 14.1. The quantitative estimate of drug-likeness (QED) is 0.435. The summed E-state index contributed by atoms with van der Waals surface area (Å²) in [5.74, 6) is -3.19. The highest BCUT2D eigenvalue weighted by Gasteiger charge is 2.34. The number of aliphatic hydroxyl groups excluding tert-OH is 2. The molecule has 0 aromatic heterocycles. The molecule has 0 saturated carbocycles. The number of aromatic hydroxyl groups is 2. The van der Waals surface area contributed by atoms with Gasteiger partial charge in [0.05, 0.1) is 26.2 Å². The van der Waals surface area contributed by atoms with Gasteiger partial charge >= 0.3 is 5.97 Å². The Bertz CT molecular complexity index is 820. The summed E-state index contributed by atoms with van der Waals surface area (Å²) in [6.45, 7) is -0.573. The van der Waals surface area contributed by atoms with Crippen molar-refractivity contribution in [3.63, 3.8) is 0 Å². The SMILES string of the molecule is COc1cc(C[C@@H](C(=O)O)[C@H](CO)[C@H](O)c2ccc(O)c(OC)c2)ccc1O. The first kappa shape index (κ1) is 21.3. The molecule has 3 atom stereocenters. The Labute approximate surface area is 162 Å². The van der Waals surface area contributed by atoms with Gasteiger partial charge in [-0.15, -0.1) is 0 Å². The van der Waals surface area contributed by atoms with Crippen molar-refractivity contribution in [2.24, 2.45) is 11.8 Å². The topological polar surface area (TPSA) is 137 Å². The maximum absolute atomic E-state index is 11.9. The van der Waals surface area contributed by atoms with Crippen LogP contribution >= 0.6 is 0 Å². The molecule has 0 aliphatic heterocycles. The number of rotatable bonds is 9. The predicted octanol–water partition coefficient (Wildman–Crippen LogP) is 1.70. The van der Waals surface area contributed by atoms with Crippen molar-refractivity contribution >= 4 is 5.97 Å². The second kappa shape index (κ2) is 9.29. The number of carboxylic acids is 1. The van der Waals surface area contributed by atoms with Crippen molar-refractivity contribution in [3.8, 4) is 23.0 Å². The van der Waals surface area contributed by atoms with Crippen molar-refractivity contribution in [1.29, 1.82) is 0 Å².